The normalized spacial score (nSPS) is 12.0. The van der Waals surface area contributed by atoms with Gasteiger partial charge >= 0.3 is 6.36 Å². The first kappa shape index (κ1) is 18.9. The Morgan fingerprint density at radius 1 is 0.862 bits per heavy atom. The van der Waals surface area contributed by atoms with Crippen LogP contribution in [0.3, 0.4) is 0 Å². The van der Waals surface area contributed by atoms with Gasteiger partial charge in [-0.1, -0.05) is 0 Å². The van der Waals surface area contributed by atoms with Crippen LogP contribution in [0.4, 0.5) is 24.5 Å². The summed E-state index contributed by atoms with van der Waals surface area (Å²) in [5, 5.41) is 18.2. The van der Waals surface area contributed by atoms with Gasteiger partial charge < -0.3 is 9.84 Å². The Kier molecular flexibility index (Phi) is 4.89. The van der Waals surface area contributed by atoms with Gasteiger partial charge in [0.2, 0.25) is 0 Å². The molecule has 1 aromatic heterocycles. The van der Waals surface area contributed by atoms with E-state index in [9.17, 15) is 18.3 Å². The van der Waals surface area contributed by atoms with Crippen LogP contribution in [-0.2, 0) is 0 Å². The van der Waals surface area contributed by atoms with Crippen molar-refractivity contribution in [2.75, 3.05) is 0 Å². The summed E-state index contributed by atoms with van der Waals surface area (Å²) in [6.45, 7) is 0. The van der Waals surface area contributed by atoms with Gasteiger partial charge in [-0.2, -0.15) is 10.2 Å². The number of hydrogen-bond donors (Lipinski definition) is 1. The molecule has 0 unspecified atom stereocenters. The van der Waals surface area contributed by atoms with Gasteiger partial charge in [0.05, 0.1) is 21.6 Å². The number of thiazole rings is 1. The van der Waals surface area contributed by atoms with Crippen molar-refractivity contribution in [2.24, 2.45) is 10.2 Å². The van der Waals surface area contributed by atoms with E-state index in [1.54, 1.807) is 30.3 Å². The minimum absolute atomic E-state index is 0.154. The molecule has 9 heteroatoms. The number of fused-ring (bicyclic) bond motifs is 1. The zero-order valence-corrected chi connectivity index (χ0v) is 15.4. The number of phenolic OH excluding ortho intramolecular Hbond substituents is 1. The van der Waals surface area contributed by atoms with Crippen molar-refractivity contribution >= 4 is 32.9 Å². The molecule has 3 aromatic carbocycles. The maximum Gasteiger partial charge on any atom is 0.573 e. The molecular weight excluding hydrogens is 403 g/mol. The summed E-state index contributed by atoms with van der Waals surface area (Å²) in [5.41, 5.74) is 2.48. The second-order valence-corrected chi connectivity index (χ2v) is 6.99. The molecule has 0 saturated heterocycles. The van der Waals surface area contributed by atoms with E-state index < -0.39 is 6.36 Å². The average Bonchev–Trinajstić information content (AvgIpc) is 3.10. The lowest BCUT2D eigenvalue weighted by molar-refractivity contribution is -0.274. The fraction of sp³-hybridized carbons (Fsp3) is 0.0500. The molecule has 0 radical (unpaired) electrons. The standard InChI is InChI=1S/C20H12F3N3O2S/c21-20(22,23)28-16-9-10-18-17(11-16)24-19(29-18)12-1-3-13(4-2-12)25-26-14-5-7-15(27)8-6-14/h1-11,27H. The Morgan fingerprint density at radius 2 is 1.48 bits per heavy atom. The smallest absolute Gasteiger partial charge is 0.508 e. The van der Waals surface area contributed by atoms with Crippen molar-refractivity contribution in [3.05, 3.63) is 66.7 Å². The van der Waals surface area contributed by atoms with Crippen LogP contribution < -0.4 is 4.74 Å². The number of aromatic nitrogens is 1. The summed E-state index contributed by atoms with van der Waals surface area (Å²) in [4.78, 5) is 4.40. The predicted octanol–water partition coefficient (Wildman–Crippen LogP) is 6.98. The third-order valence-corrected chi connectivity index (χ3v) is 4.92. The van der Waals surface area contributed by atoms with E-state index in [0.29, 0.717) is 21.9 Å². The maximum absolute atomic E-state index is 12.4. The van der Waals surface area contributed by atoms with Gasteiger partial charge in [-0.3, -0.25) is 0 Å². The number of aromatic hydroxyl groups is 1. The summed E-state index contributed by atoms with van der Waals surface area (Å²) in [6, 6.07) is 17.6. The number of alkyl halides is 3. The number of phenols is 1. The highest BCUT2D eigenvalue weighted by Gasteiger charge is 2.31. The Bertz CT molecular complexity index is 1170. The lowest BCUT2D eigenvalue weighted by atomic mass is 10.2. The molecule has 0 saturated carbocycles. The third-order valence-electron chi connectivity index (χ3n) is 3.84. The molecule has 0 amide bonds. The summed E-state index contributed by atoms with van der Waals surface area (Å²) in [7, 11) is 0. The molecule has 29 heavy (non-hydrogen) atoms. The summed E-state index contributed by atoms with van der Waals surface area (Å²) in [5.74, 6) is -0.145. The Labute approximate surface area is 166 Å². The van der Waals surface area contributed by atoms with Gasteiger partial charge in [0.25, 0.3) is 0 Å². The van der Waals surface area contributed by atoms with Crippen LogP contribution >= 0.6 is 11.3 Å². The SMILES string of the molecule is Oc1ccc(N=Nc2ccc(-c3nc4cc(OC(F)(F)F)ccc4s3)cc2)cc1. The minimum atomic E-state index is -4.74. The molecule has 4 rings (SSSR count). The Balaban J connectivity index is 1.53. The van der Waals surface area contributed by atoms with E-state index in [4.69, 9.17) is 0 Å². The monoisotopic (exact) mass is 415 g/mol. The highest BCUT2D eigenvalue weighted by Crippen LogP contribution is 2.34. The molecule has 1 heterocycles. The maximum atomic E-state index is 12.4. The van der Waals surface area contributed by atoms with E-state index in [1.807, 2.05) is 12.1 Å². The van der Waals surface area contributed by atoms with Gasteiger partial charge in [0.15, 0.2) is 0 Å². The van der Waals surface area contributed by atoms with Crippen LogP contribution in [0.25, 0.3) is 20.8 Å². The van der Waals surface area contributed by atoms with Gasteiger partial charge in [0, 0.05) is 11.6 Å². The molecule has 1 N–H and O–H groups in total. The van der Waals surface area contributed by atoms with E-state index >= 15 is 0 Å². The minimum Gasteiger partial charge on any atom is -0.508 e. The third kappa shape index (κ3) is 4.69. The highest BCUT2D eigenvalue weighted by atomic mass is 32.1. The quantitative estimate of drug-likeness (QED) is 0.366. The van der Waals surface area contributed by atoms with Crippen molar-refractivity contribution < 1.29 is 23.0 Å². The lowest BCUT2D eigenvalue weighted by Crippen LogP contribution is -2.16. The number of ether oxygens (including phenoxy) is 1. The van der Waals surface area contributed by atoms with E-state index in [-0.39, 0.29) is 11.5 Å². The lowest BCUT2D eigenvalue weighted by Gasteiger charge is -2.07. The molecule has 5 nitrogen and oxygen atoms in total. The summed E-state index contributed by atoms with van der Waals surface area (Å²) >= 11 is 1.37. The second kappa shape index (κ2) is 7.51. The molecule has 4 aromatic rings. The fourth-order valence-corrected chi connectivity index (χ4v) is 3.48. The van der Waals surface area contributed by atoms with Crippen molar-refractivity contribution in [2.45, 2.75) is 6.36 Å². The summed E-state index contributed by atoms with van der Waals surface area (Å²) < 4.78 is 41.8. The van der Waals surface area contributed by atoms with Crippen LogP contribution in [0.5, 0.6) is 11.5 Å². The van der Waals surface area contributed by atoms with E-state index in [1.165, 1.54) is 35.6 Å². The molecule has 0 spiro atoms. The molecule has 146 valence electrons. The summed E-state index contributed by atoms with van der Waals surface area (Å²) in [6.07, 6.45) is -4.74. The van der Waals surface area contributed by atoms with Crippen LogP contribution in [-0.4, -0.2) is 16.5 Å². The Morgan fingerprint density at radius 3 is 2.10 bits per heavy atom. The van der Waals surface area contributed by atoms with Gasteiger partial charge in [-0.25, -0.2) is 4.98 Å². The van der Waals surface area contributed by atoms with Crippen molar-refractivity contribution in [1.82, 2.24) is 4.98 Å². The molecule has 0 atom stereocenters. The fourth-order valence-electron chi connectivity index (χ4n) is 2.53. The van der Waals surface area contributed by atoms with Crippen LogP contribution in [0.15, 0.2) is 77.0 Å². The van der Waals surface area contributed by atoms with Crippen LogP contribution in [0, 0.1) is 0 Å². The largest absolute Gasteiger partial charge is 0.573 e. The van der Waals surface area contributed by atoms with Crippen molar-refractivity contribution in [1.29, 1.82) is 0 Å². The van der Waals surface area contributed by atoms with Crippen molar-refractivity contribution in [3.63, 3.8) is 0 Å². The first-order valence-corrected chi connectivity index (χ1v) is 9.15. The Hall–Kier alpha value is -3.46. The number of nitrogens with zero attached hydrogens (tertiary/aromatic N) is 3. The van der Waals surface area contributed by atoms with E-state index in [2.05, 4.69) is 19.9 Å². The first-order chi connectivity index (χ1) is 13.9. The number of benzene rings is 3. The molecule has 0 aliphatic carbocycles. The topological polar surface area (TPSA) is 67.1 Å². The molecule has 0 aliphatic heterocycles. The van der Waals surface area contributed by atoms with Crippen LogP contribution in [0.1, 0.15) is 0 Å². The highest BCUT2D eigenvalue weighted by molar-refractivity contribution is 7.21. The van der Waals surface area contributed by atoms with Gasteiger partial charge in [-0.05, 0) is 60.7 Å². The van der Waals surface area contributed by atoms with Crippen molar-refractivity contribution in [3.8, 4) is 22.1 Å². The predicted molar refractivity (Wildman–Crippen MR) is 104 cm³/mol. The number of hydrogen-bond acceptors (Lipinski definition) is 6. The average molecular weight is 415 g/mol. The van der Waals surface area contributed by atoms with Crippen LogP contribution in [0.2, 0.25) is 0 Å². The van der Waals surface area contributed by atoms with Gasteiger partial charge in [-0.15, -0.1) is 24.5 Å². The molecule has 0 fully saturated rings. The number of halogens is 3. The molecule has 0 bridgehead atoms. The molecule has 0 aliphatic rings. The zero-order valence-electron chi connectivity index (χ0n) is 14.6. The number of rotatable bonds is 4. The second-order valence-electron chi connectivity index (χ2n) is 5.96. The first-order valence-electron chi connectivity index (χ1n) is 8.33. The number of azo groups is 1. The molecular formula is C20H12F3N3O2S. The zero-order chi connectivity index (χ0) is 20.4. The van der Waals surface area contributed by atoms with Gasteiger partial charge in [0.1, 0.15) is 16.5 Å². The van der Waals surface area contributed by atoms with E-state index in [0.717, 1.165) is 10.3 Å².